The number of fused-ring (bicyclic) bond motifs is 1. The number of thiazole rings is 1. The second-order valence-electron chi connectivity index (χ2n) is 11.6. The summed E-state index contributed by atoms with van der Waals surface area (Å²) in [4.78, 5) is 33.5. The molecule has 0 unspecified atom stereocenters. The van der Waals surface area contributed by atoms with Gasteiger partial charge in [-0.15, -0.1) is 0 Å². The van der Waals surface area contributed by atoms with Crippen LogP contribution in [0.15, 0.2) is 104 Å². The van der Waals surface area contributed by atoms with Gasteiger partial charge in [-0.05, 0) is 91.6 Å². The molecule has 49 heavy (non-hydrogen) atoms. The van der Waals surface area contributed by atoms with Gasteiger partial charge in [0, 0.05) is 10.2 Å². The third-order valence-electron chi connectivity index (χ3n) is 8.17. The zero-order chi connectivity index (χ0) is 34.8. The quantitative estimate of drug-likeness (QED) is 0.168. The number of aromatic nitrogens is 1. The first kappa shape index (κ1) is 34.2. The van der Waals surface area contributed by atoms with Gasteiger partial charge in [0.1, 0.15) is 12.4 Å². The maximum Gasteiger partial charge on any atom is 0.271 e. The van der Waals surface area contributed by atoms with Crippen LogP contribution in [0.5, 0.6) is 17.2 Å². The lowest BCUT2D eigenvalue weighted by Crippen LogP contribution is -2.40. The van der Waals surface area contributed by atoms with E-state index in [1.54, 1.807) is 36.8 Å². The molecule has 5 aromatic rings. The second kappa shape index (κ2) is 14.5. The molecule has 0 spiro atoms. The summed E-state index contributed by atoms with van der Waals surface area (Å²) in [7, 11) is 3.13. The standard InChI is InChI=1S/C38H33BrClN3O5S/c1-21-6-15-30(22(2)16-21)42-36(44)33-23(3)41-38-43(34(33)26-9-13-28(46-4)14-10-26)37(45)32(49-38)19-25-17-29(40)35(31(18-25)47-5)48-20-24-7-11-27(39)12-8-24/h6-19,34H,20H2,1-5H3,(H,42,44)/b32-19+/t34-/m0/s1. The highest BCUT2D eigenvalue weighted by Gasteiger charge is 2.33. The number of anilines is 1. The van der Waals surface area contributed by atoms with E-state index in [2.05, 4.69) is 21.2 Å². The molecule has 1 N–H and O–H groups in total. The fourth-order valence-corrected chi connectivity index (χ4v) is 7.29. The Hall–Kier alpha value is -4.64. The van der Waals surface area contributed by atoms with Crippen molar-refractivity contribution >= 4 is 56.5 Å². The van der Waals surface area contributed by atoms with Crippen LogP contribution >= 0.6 is 38.9 Å². The number of amides is 1. The molecule has 250 valence electrons. The molecule has 0 fully saturated rings. The van der Waals surface area contributed by atoms with Gasteiger partial charge in [0.2, 0.25) is 0 Å². The minimum absolute atomic E-state index is 0.292. The number of carbonyl (C=O) groups excluding carboxylic acids is 1. The number of ether oxygens (including phenoxy) is 3. The van der Waals surface area contributed by atoms with Crippen LogP contribution in [0.25, 0.3) is 6.08 Å². The summed E-state index contributed by atoms with van der Waals surface area (Å²) in [6.45, 7) is 6.04. The Morgan fingerprint density at radius 1 is 1.00 bits per heavy atom. The SMILES string of the molecule is COc1ccc([C@H]2C(C(=O)Nc3ccc(C)cc3C)=C(C)N=c3s/c(=C/c4cc(Cl)c(OCc5ccc(Br)cc5)c(OC)c4)c(=O)n32)cc1. The van der Waals surface area contributed by atoms with Gasteiger partial charge in [-0.2, -0.15) is 0 Å². The molecule has 0 radical (unpaired) electrons. The van der Waals surface area contributed by atoms with Crippen molar-refractivity contribution in [2.45, 2.75) is 33.4 Å². The molecule has 8 nitrogen and oxygen atoms in total. The van der Waals surface area contributed by atoms with Crippen molar-refractivity contribution in [3.8, 4) is 17.2 Å². The van der Waals surface area contributed by atoms with E-state index in [1.807, 2.05) is 80.6 Å². The number of allylic oxidation sites excluding steroid dienone is 1. The van der Waals surface area contributed by atoms with Crippen LogP contribution in [0.1, 0.15) is 40.8 Å². The molecule has 1 amide bonds. The van der Waals surface area contributed by atoms with E-state index in [4.69, 9.17) is 30.8 Å². The van der Waals surface area contributed by atoms with E-state index < -0.39 is 6.04 Å². The van der Waals surface area contributed by atoms with Crippen molar-refractivity contribution in [2.75, 3.05) is 19.5 Å². The molecule has 2 heterocycles. The monoisotopic (exact) mass is 757 g/mol. The largest absolute Gasteiger partial charge is 0.497 e. The molecule has 1 aromatic heterocycles. The van der Waals surface area contributed by atoms with Gasteiger partial charge in [-0.25, -0.2) is 4.99 Å². The molecule has 0 bridgehead atoms. The van der Waals surface area contributed by atoms with Crippen molar-refractivity contribution in [3.63, 3.8) is 0 Å². The summed E-state index contributed by atoms with van der Waals surface area (Å²) in [5.74, 6) is 1.16. The maximum absolute atomic E-state index is 14.3. The highest BCUT2D eigenvalue weighted by Crippen LogP contribution is 2.37. The number of halogens is 2. The summed E-state index contributed by atoms with van der Waals surface area (Å²) >= 11 is 11.4. The molecular formula is C38H33BrClN3O5S. The van der Waals surface area contributed by atoms with E-state index in [1.165, 1.54) is 18.4 Å². The van der Waals surface area contributed by atoms with E-state index in [9.17, 15) is 9.59 Å². The van der Waals surface area contributed by atoms with Gasteiger partial charge in [0.05, 0.1) is 41.1 Å². The molecule has 0 aliphatic carbocycles. The first-order valence-electron chi connectivity index (χ1n) is 15.4. The minimum atomic E-state index is -0.734. The van der Waals surface area contributed by atoms with E-state index in [0.29, 0.717) is 60.7 Å². The molecule has 4 aromatic carbocycles. The van der Waals surface area contributed by atoms with Crippen molar-refractivity contribution in [2.24, 2.45) is 4.99 Å². The third-order valence-corrected chi connectivity index (χ3v) is 9.97. The summed E-state index contributed by atoms with van der Waals surface area (Å²) < 4.78 is 20.0. The van der Waals surface area contributed by atoms with Crippen LogP contribution in [-0.4, -0.2) is 24.7 Å². The summed E-state index contributed by atoms with van der Waals surface area (Å²) in [6, 6.07) is 23.8. The Morgan fingerprint density at radius 2 is 1.73 bits per heavy atom. The Labute approximate surface area is 301 Å². The minimum Gasteiger partial charge on any atom is -0.497 e. The molecule has 0 saturated carbocycles. The Morgan fingerprint density at radius 3 is 2.41 bits per heavy atom. The van der Waals surface area contributed by atoms with Crippen LogP contribution in [-0.2, 0) is 11.4 Å². The first-order chi connectivity index (χ1) is 23.6. The topological polar surface area (TPSA) is 91.2 Å². The Bertz CT molecular complexity index is 2280. The van der Waals surface area contributed by atoms with Crippen LogP contribution in [0.3, 0.4) is 0 Å². The van der Waals surface area contributed by atoms with Gasteiger partial charge in [-0.3, -0.25) is 14.2 Å². The van der Waals surface area contributed by atoms with Crippen molar-refractivity contribution < 1.29 is 19.0 Å². The highest BCUT2D eigenvalue weighted by molar-refractivity contribution is 9.10. The van der Waals surface area contributed by atoms with Gasteiger partial charge in [-0.1, -0.05) is 80.8 Å². The number of nitrogens with one attached hydrogen (secondary N) is 1. The molecule has 1 atom stereocenters. The summed E-state index contributed by atoms with van der Waals surface area (Å²) in [5.41, 5.74) is 5.68. The summed E-state index contributed by atoms with van der Waals surface area (Å²) in [5, 5.41) is 3.40. The van der Waals surface area contributed by atoms with Gasteiger partial charge >= 0.3 is 0 Å². The highest BCUT2D eigenvalue weighted by atomic mass is 79.9. The Kier molecular flexibility index (Phi) is 10.1. The van der Waals surface area contributed by atoms with E-state index in [-0.39, 0.29) is 11.5 Å². The van der Waals surface area contributed by atoms with E-state index in [0.717, 1.165) is 26.7 Å². The molecule has 1 aliphatic rings. The number of nitrogens with zero attached hydrogens (tertiary/aromatic N) is 2. The van der Waals surface area contributed by atoms with Crippen LogP contribution in [0.2, 0.25) is 5.02 Å². The summed E-state index contributed by atoms with van der Waals surface area (Å²) in [6.07, 6.45) is 1.75. The van der Waals surface area contributed by atoms with E-state index >= 15 is 0 Å². The number of hydrogen-bond acceptors (Lipinski definition) is 7. The van der Waals surface area contributed by atoms with Crippen LogP contribution < -0.4 is 34.4 Å². The van der Waals surface area contributed by atoms with Crippen molar-refractivity contribution in [1.82, 2.24) is 4.57 Å². The lowest BCUT2D eigenvalue weighted by Gasteiger charge is -2.25. The van der Waals surface area contributed by atoms with Gasteiger partial charge < -0.3 is 19.5 Å². The number of rotatable bonds is 9. The normalized spacial score (nSPS) is 14.3. The zero-order valence-electron chi connectivity index (χ0n) is 27.5. The third kappa shape index (κ3) is 7.22. The predicted octanol–water partition coefficient (Wildman–Crippen LogP) is 7.50. The smallest absolute Gasteiger partial charge is 0.271 e. The van der Waals surface area contributed by atoms with Gasteiger partial charge in [0.15, 0.2) is 16.3 Å². The number of benzene rings is 4. The van der Waals surface area contributed by atoms with Crippen molar-refractivity contribution in [1.29, 1.82) is 0 Å². The lowest BCUT2D eigenvalue weighted by atomic mass is 9.95. The maximum atomic E-state index is 14.3. The molecular weight excluding hydrogens is 726 g/mol. The van der Waals surface area contributed by atoms with Crippen LogP contribution in [0, 0.1) is 13.8 Å². The average Bonchev–Trinajstić information content (AvgIpc) is 3.38. The Balaban J connectivity index is 1.40. The lowest BCUT2D eigenvalue weighted by molar-refractivity contribution is -0.113. The number of hydrogen-bond donors (Lipinski definition) is 1. The number of carbonyl (C=O) groups is 1. The molecule has 6 rings (SSSR count). The zero-order valence-corrected chi connectivity index (χ0v) is 30.6. The number of methoxy groups -OCH3 is 2. The fraction of sp³-hybridized carbons (Fsp3) is 0.184. The molecule has 0 saturated heterocycles. The van der Waals surface area contributed by atoms with Crippen LogP contribution in [0.4, 0.5) is 5.69 Å². The molecule has 1 aliphatic heterocycles. The first-order valence-corrected chi connectivity index (χ1v) is 17.3. The van der Waals surface area contributed by atoms with Gasteiger partial charge in [0.25, 0.3) is 11.5 Å². The van der Waals surface area contributed by atoms with Crippen molar-refractivity contribution in [3.05, 3.63) is 147 Å². The molecule has 11 heteroatoms. The number of aryl methyl sites for hydroxylation is 2. The second-order valence-corrected chi connectivity index (χ2v) is 13.9. The fourth-order valence-electron chi connectivity index (χ4n) is 5.71. The average molecular weight is 759 g/mol. The predicted molar refractivity (Wildman–Crippen MR) is 198 cm³/mol.